The van der Waals surface area contributed by atoms with Gasteiger partial charge >= 0.3 is 5.97 Å². The Morgan fingerprint density at radius 2 is 1.17 bits per heavy atom. The van der Waals surface area contributed by atoms with Crippen molar-refractivity contribution in [2.24, 2.45) is 0 Å². The van der Waals surface area contributed by atoms with Gasteiger partial charge in [0.1, 0.15) is 0 Å². The minimum Gasteiger partial charge on any atom is -0.481 e. The summed E-state index contributed by atoms with van der Waals surface area (Å²) in [6, 6.07) is 9.02. The first-order valence-corrected chi connectivity index (χ1v) is 9.52. The first-order valence-electron chi connectivity index (χ1n) is 9.52. The van der Waals surface area contributed by atoms with Gasteiger partial charge in [0, 0.05) is 6.42 Å². The second kappa shape index (κ2) is 13.2. The van der Waals surface area contributed by atoms with Gasteiger partial charge in [-0.3, -0.25) is 4.79 Å². The Kier molecular flexibility index (Phi) is 11.3. The van der Waals surface area contributed by atoms with Crippen molar-refractivity contribution in [2.45, 2.75) is 90.4 Å². The molecule has 0 aliphatic carbocycles. The summed E-state index contributed by atoms with van der Waals surface area (Å²) < 4.78 is 0. The fraction of sp³-hybridized carbons (Fsp3) is 0.667. The zero-order valence-electron chi connectivity index (χ0n) is 14.9. The Labute approximate surface area is 142 Å². The van der Waals surface area contributed by atoms with Crippen LogP contribution in [0.25, 0.3) is 0 Å². The lowest BCUT2D eigenvalue weighted by Crippen LogP contribution is -1.94. The Morgan fingerprint density at radius 3 is 1.65 bits per heavy atom. The van der Waals surface area contributed by atoms with Gasteiger partial charge in [-0.1, -0.05) is 76.1 Å². The van der Waals surface area contributed by atoms with E-state index in [1.165, 1.54) is 62.5 Å². The molecule has 0 bridgehead atoms. The van der Waals surface area contributed by atoms with Crippen LogP contribution >= 0.6 is 0 Å². The van der Waals surface area contributed by atoms with Gasteiger partial charge in [0.15, 0.2) is 0 Å². The van der Waals surface area contributed by atoms with Crippen LogP contribution < -0.4 is 0 Å². The average Bonchev–Trinajstić information content (AvgIpc) is 2.55. The van der Waals surface area contributed by atoms with E-state index in [9.17, 15) is 4.79 Å². The van der Waals surface area contributed by atoms with Crippen molar-refractivity contribution >= 4 is 5.97 Å². The molecule has 1 aromatic carbocycles. The average molecular weight is 319 g/mol. The largest absolute Gasteiger partial charge is 0.481 e. The van der Waals surface area contributed by atoms with Gasteiger partial charge in [0.25, 0.3) is 0 Å². The van der Waals surface area contributed by atoms with E-state index < -0.39 is 5.97 Å². The number of carboxylic acids is 1. The van der Waals surface area contributed by atoms with E-state index in [1.807, 2.05) is 0 Å². The molecular formula is C21H34O2. The van der Waals surface area contributed by atoms with Crippen LogP contribution in [0.3, 0.4) is 0 Å². The molecule has 2 nitrogen and oxygen atoms in total. The molecule has 0 radical (unpaired) electrons. The topological polar surface area (TPSA) is 37.3 Å². The minimum absolute atomic E-state index is 0.303. The molecule has 1 aromatic rings. The van der Waals surface area contributed by atoms with E-state index in [4.69, 9.17) is 5.11 Å². The summed E-state index contributed by atoms with van der Waals surface area (Å²) >= 11 is 0. The van der Waals surface area contributed by atoms with Crippen LogP contribution in [0, 0.1) is 0 Å². The number of benzene rings is 1. The molecular weight excluding hydrogens is 284 g/mol. The van der Waals surface area contributed by atoms with Crippen LogP contribution in [-0.4, -0.2) is 11.1 Å². The summed E-state index contributed by atoms with van der Waals surface area (Å²) in [6.45, 7) is 2.26. The predicted molar refractivity (Wildman–Crippen MR) is 97.9 cm³/mol. The Bertz CT molecular complexity index is 408. The first-order chi connectivity index (χ1) is 11.2. The maximum Gasteiger partial charge on any atom is 0.303 e. The number of hydrogen-bond donors (Lipinski definition) is 1. The highest BCUT2D eigenvalue weighted by atomic mass is 16.4. The summed E-state index contributed by atoms with van der Waals surface area (Å²) in [7, 11) is 0. The number of rotatable bonds is 14. The quantitative estimate of drug-likeness (QED) is 0.417. The minimum atomic E-state index is -0.681. The van der Waals surface area contributed by atoms with Crippen LogP contribution in [0.2, 0.25) is 0 Å². The normalized spacial score (nSPS) is 10.8. The number of hydrogen-bond acceptors (Lipinski definition) is 1. The molecule has 0 saturated heterocycles. The van der Waals surface area contributed by atoms with E-state index in [-0.39, 0.29) is 0 Å². The third-order valence-electron chi connectivity index (χ3n) is 4.45. The number of carbonyl (C=O) groups is 1. The molecule has 0 unspecified atom stereocenters. The van der Waals surface area contributed by atoms with Crippen molar-refractivity contribution in [2.75, 3.05) is 0 Å². The lowest BCUT2D eigenvalue weighted by Gasteiger charge is -2.05. The fourth-order valence-corrected chi connectivity index (χ4v) is 2.94. The molecule has 0 aliphatic heterocycles. The monoisotopic (exact) mass is 318 g/mol. The first kappa shape index (κ1) is 19.7. The number of aliphatic carboxylic acids is 1. The summed E-state index contributed by atoms with van der Waals surface area (Å²) in [4.78, 5) is 10.4. The molecule has 0 amide bonds. The molecule has 2 heteroatoms. The zero-order chi connectivity index (χ0) is 16.8. The van der Waals surface area contributed by atoms with Gasteiger partial charge in [0.05, 0.1) is 0 Å². The van der Waals surface area contributed by atoms with Crippen LogP contribution in [0.1, 0.15) is 88.7 Å². The van der Waals surface area contributed by atoms with Crippen molar-refractivity contribution in [1.82, 2.24) is 0 Å². The Morgan fingerprint density at radius 1 is 0.739 bits per heavy atom. The molecule has 23 heavy (non-hydrogen) atoms. The van der Waals surface area contributed by atoms with Crippen LogP contribution in [0.4, 0.5) is 0 Å². The molecule has 0 heterocycles. The number of aryl methyl sites for hydroxylation is 2. The summed E-state index contributed by atoms with van der Waals surface area (Å²) in [5.41, 5.74) is 2.83. The number of carboxylic acid groups (broad SMARTS) is 1. The van der Waals surface area contributed by atoms with Gasteiger partial charge < -0.3 is 5.11 Å². The van der Waals surface area contributed by atoms with E-state index in [0.717, 1.165) is 25.7 Å². The van der Waals surface area contributed by atoms with Crippen LogP contribution in [0.5, 0.6) is 0 Å². The lowest BCUT2D eigenvalue weighted by atomic mass is 10.0. The third-order valence-corrected chi connectivity index (χ3v) is 4.45. The Balaban J connectivity index is 2.07. The summed E-state index contributed by atoms with van der Waals surface area (Å²) in [5, 5.41) is 8.60. The summed E-state index contributed by atoms with van der Waals surface area (Å²) in [5.74, 6) is -0.681. The van der Waals surface area contributed by atoms with Crippen molar-refractivity contribution in [1.29, 1.82) is 0 Å². The summed E-state index contributed by atoms with van der Waals surface area (Å²) in [6.07, 6.45) is 15.0. The van der Waals surface area contributed by atoms with E-state index in [1.54, 1.807) is 0 Å². The molecule has 0 fully saturated rings. The smallest absolute Gasteiger partial charge is 0.303 e. The second-order valence-electron chi connectivity index (χ2n) is 6.64. The van der Waals surface area contributed by atoms with Gasteiger partial charge in [-0.05, 0) is 43.2 Å². The lowest BCUT2D eigenvalue weighted by molar-refractivity contribution is -0.137. The standard InChI is InChI=1S/C21H34O2/c1-2-3-4-5-6-7-9-12-19-15-17-20(18-16-19)13-10-8-11-14-21(22)23/h15-18H,2-14H2,1H3,(H,22,23). The SMILES string of the molecule is CCCCCCCCCc1ccc(CCCCCC(=O)O)cc1. The van der Waals surface area contributed by atoms with Gasteiger partial charge in [-0.15, -0.1) is 0 Å². The molecule has 1 rings (SSSR count). The van der Waals surface area contributed by atoms with Crippen molar-refractivity contribution in [3.8, 4) is 0 Å². The van der Waals surface area contributed by atoms with E-state index in [2.05, 4.69) is 31.2 Å². The molecule has 0 aliphatic rings. The molecule has 130 valence electrons. The van der Waals surface area contributed by atoms with E-state index >= 15 is 0 Å². The molecule has 1 N–H and O–H groups in total. The molecule has 0 aromatic heterocycles. The van der Waals surface area contributed by atoms with E-state index in [0.29, 0.717) is 6.42 Å². The van der Waals surface area contributed by atoms with Gasteiger partial charge in [0.2, 0.25) is 0 Å². The maximum atomic E-state index is 10.4. The van der Waals surface area contributed by atoms with Gasteiger partial charge in [-0.2, -0.15) is 0 Å². The second-order valence-corrected chi connectivity index (χ2v) is 6.64. The third kappa shape index (κ3) is 11.0. The molecule has 0 spiro atoms. The highest BCUT2D eigenvalue weighted by molar-refractivity contribution is 5.66. The van der Waals surface area contributed by atoms with Crippen molar-refractivity contribution in [3.05, 3.63) is 35.4 Å². The molecule has 0 atom stereocenters. The fourth-order valence-electron chi connectivity index (χ4n) is 2.94. The highest BCUT2D eigenvalue weighted by Gasteiger charge is 1.99. The number of unbranched alkanes of at least 4 members (excludes halogenated alkanes) is 8. The van der Waals surface area contributed by atoms with Crippen LogP contribution in [0.15, 0.2) is 24.3 Å². The maximum absolute atomic E-state index is 10.4. The predicted octanol–water partition coefficient (Wildman–Crippen LogP) is 6.17. The molecule has 0 saturated carbocycles. The van der Waals surface area contributed by atoms with Crippen molar-refractivity contribution in [3.63, 3.8) is 0 Å². The Hall–Kier alpha value is -1.31. The van der Waals surface area contributed by atoms with Gasteiger partial charge in [-0.25, -0.2) is 0 Å². The highest BCUT2D eigenvalue weighted by Crippen LogP contribution is 2.13. The van der Waals surface area contributed by atoms with Crippen LogP contribution in [-0.2, 0) is 17.6 Å². The zero-order valence-corrected chi connectivity index (χ0v) is 14.9. The van der Waals surface area contributed by atoms with Crippen molar-refractivity contribution < 1.29 is 9.90 Å².